The van der Waals surface area contributed by atoms with Crippen molar-refractivity contribution in [3.05, 3.63) is 29.8 Å². The van der Waals surface area contributed by atoms with Crippen LogP contribution in [0.15, 0.2) is 23.1 Å². The zero-order valence-electron chi connectivity index (χ0n) is 11.2. The quantitative estimate of drug-likeness (QED) is 0.827. The lowest BCUT2D eigenvalue weighted by molar-refractivity contribution is 0.301. The van der Waals surface area contributed by atoms with Gasteiger partial charge in [0.1, 0.15) is 4.90 Å². The Morgan fingerprint density at radius 3 is 1.94 bits per heavy atom. The molecule has 0 heterocycles. The summed E-state index contributed by atoms with van der Waals surface area (Å²) in [5, 5.41) is 0. The zero-order valence-corrected chi connectivity index (χ0v) is 12.0. The van der Waals surface area contributed by atoms with Crippen LogP contribution in [0.4, 0.5) is 8.78 Å². The van der Waals surface area contributed by atoms with Crippen LogP contribution >= 0.6 is 0 Å². The Balaban J connectivity index is 3.54. The Morgan fingerprint density at radius 1 is 1.00 bits per heavy atom. The maximum absolute atomic E-state index is 13.7. The SMILES string of the molecule is CC(C)(C)C(C)(C)S(=O)(=O)c1cccc(F)c1F. The molecule has 0 fully saturated rings. The molecule has 0 N–H and O–H groups in total. The summed E-state index contributed by atoms with van der Waals surface area (Å²) in [5.41, 5.74) is -0.607. The third kappa shape index (κ3) is 2.16. The molecular formula is C13H18F2O2S. The molecule has 1 aromatic rings. The molecule has 0 saturated carbocycles. The van der Waals surface area contributed by atoms with Crippen LogP contribution in [0.2, 0.25) is 0 Å². The van der Waals surface area contributed by atoms with E-state index in [4.69, 9.17) is 0 Å². The van der Waals surface area contributed by atoms with E-state index in [-0.39, 0.29) is 0 Å². The van der Waals surface area contributed by atoms with Crippen LogP contribution in [-0.2, 0) is 9.84 Å². The summed E-state index contributed by atoms with van der Waals surface area (Å²) in [6.45, 7) is 8.30. The summed E-state index contributed by atoms with van der Waals surface area (Å²) < 4.78 is 50.5. The molecule has 0 aliphatic rings. The average molecular weight is 276 g/mol. The van der Waals surface area contributed by atoms with Gasteiger partial charge in [0.25, 0.3) is 0 Å². The molecule has 2 nitrogen and oxygen atoms in total. The van der Waals surface area contributed by atoms with E-state index in [1.807, 2.05) is 0 Å². The minimum atomic E-state index is -3.96. The van der Waals surface area contributed by atoms with Crippen LogP contribution in [0, 0.1) is 17.0 Å². The van der Waals surface area contributed by atoms with Crippen molar-refractivity contribution in [1.29, 1.82) is 0 Å². The Morgan fingerprint density at radius 2 is 1.50 bits per heavy atom. The fraction of sp³-hybridized carbons (Fsp3) is 0.538. The zero-order chi connectivity index (χ0) is 14.4. The molecule has 0 radical (unpaired) electrons. The second-order valence-corrected chi connectivity index (χ2v) is 8.28. The molecule has 1 aromatic carbocycles. The van der Waals surface area contributed by atoms with Crippen LogP contribution in [0.3, 0.4) is 0 Å². The summed E-state index contributed by atoms with van der Waals surface area (Å²) in [7, 11) is -3.96. The molecule has 5 heteroatoms. The van der Waals surface area contributed by atoms with E-state index >= 15 is 0 Å². The lowest BCUT2D eigenvalue weighted by Crippen LogP contribution is -2.44. The van der Waals surface area contributed by atoms with Crippen molar-refractivity contribution in [2.75, 3.05) is 0 Å². The molecule has 0 atom stereocenters. The molecule has 0 bridgehead atoms. The maximum Gasteiger partial charge on any atom is 0.187 e. The van der Waals surface area contributed by atoms with Gasteiger partial charge in [-0.1, -0.05) is 26.8 Å². The largest absolute Gasteiger partial charge is 0.223 e. The van der Waals surface area contributed by atoms with Crippen molar-refractivity contribution in [2.45, 2.75) is 44.3 Å². The lowest BCUT2D eigenvalue weighted by atomic mass is 9.83. The first kappa shape index (κ1) is 15.1. The molecular weight excluding hydrogens is 258 g/mol. The molecule has 1 rings (SSSR count). The highest BCUT2D eigenvalue weighted by atomic mass is 32.2. The predicted molar refractivity (Wildman–Crippen MR) is 67.1 cm³/mol. The molecule has 0 spiro atoms. The third-order valence-corrected chi connectivity index (χ3v) is 6.53. The summed E-state index contributed by atoms with van der Waals surface area (Å²) in [6.07, 6.45) is 0. The van der Waals surface area contributed by atoms with Crippen molar-refractivity contribution in [3.8, 4) is 0 Å². The van der Waals surface area contributed by atoms with Crippen LogP contribution < -0.4 is 0 Å². The number of benzene rings is 1. The van der Waals surface area contributed by atoms with E-state index in [2.05, 4.69) is 0 Å². The first-order valence-corrected chi connectivity index (χ1v) is 7.10. The van der Waals surface area contributed by atoms with Crippen molar-refractivity contribution in [3.63, 3.8) is 0 Å². The van der Waals surface area contributed by atoms with Gasteiger partial charge in [0, 0.05) is 0 Å². The van der Waals surface area contributed by atoms with Gasteiger partial charge in [0.05, 0.1) is 4.75 Å². The topological polar surface area (TPSA) is 34.1 Å². The Hall–Kier alpha value is -0.970. The number of halogens is 2. The normalized spacial score (nSPS) is 13.7. The van der Waals surface area contributed by atoms with Crippen molar-refractivity contribution in [1.82, 2.24) is 0 Å². The van der Waals surface area contributed by atoms with E-state index in [1.165, 1.54) is 19.9 Å². The maximum atomic E-state index is 13.7. The van der Waals surface area contributed by atoms with Gasteiger partial charge in [-0.3, -0.25) is 0 Å². The Labute approximate surface area is 107 Å². The van der Waals surface area contributed by atoms with Crippen molar-refractivity contribution >= 4 is 9.84 Å². The fourth-order valence-corrected chi connectivity index (χ4v) is 3.32. The first-order chi connectivity index (χ1) is 7.93. The van der Waals surface area contributed by atoms with Gasteiger partial charge in [-0.2, -0.15) is 0 Å². The highest BCUT2D eigenvalue weighted by molar-refractivity contribution is 7.92. The number of sulfone groups is 1. The molecule has 0 aliphatic carbocycles. The Bertz CT molecular complexity index is 555. The van der Waals surface area contributed by atoms with Gasteiger partial charge in [-0.15, -0.1) is 0 Å². The average Bonchev–Trinajstić information content (AvgIpc) is 2.19. The van der Waals surface area contributed by atoms with Gasteiger partial charge in [0.15, 0.2) is 21.5 Å². The Kier molecular flexibility index (Phi) is 3.60. The van der Waals surface area contributed by atoms with E-state index in [9.17, 15) is 17.2 Å². The first-order valence-electron chi connectivity index (χ1n) is 5.61. The van der Waals surface area contributed by atoms with Gasteiger partial charge in [0.2, 0.25) is 0 Å². The standard InChI is InChI=1S/C13H18F2O2S/c1-12(2,3)13(4,5)18(16,17)10-8-6-7-9(14)11(10)15/h6-8H,1-5H3. The molecule has 0 aliphatic heterocycles. The molecule has 102 valence electrons. The summed E-state index contributed by atoms with van der Waals surface area (Å²) in [6, 6.07) is 3.20. The number of rotatable bonds is 2. The lowest BCUT2D eigenvalue weighted by Gasteiger charge is -2.38. The smallest absolute Gasteiger partial charge is 0.187 e. The van der Waals surface area contributed by atoms with Gasteiger partial charge in [-0.25, -0.2) is 17.2 Å². The number of hydrogen-bond donors (Lipinski definition) is 0. The van der Waals surface area contributed by atoms with E-state index in [0.717, 1.165) is 12.1 Å². The minimum absolute atomic E-state index is 0.581. The highest BCUT2D eigenvalue weighted by Gasteiger charge is 2.46. The highest BCUT2D eigenvalue weighted by Crippen LogP contribution is 2.40. The number of hydrogen-bond acceptors (Lipinski definition) is 2. The van der Waals surface area contributed by atoms with Gasteiger partial charge < -0.3 is 0 Å². The van der Waals surface area contributed by atoms with Crippen molar-refractivity contribution in [2.24, 2.45) is 5.41 Å². The van der Waals surface area contributed by atoms with Crippen LogP contribution in [0.1, 0.15) is 34.6 Å². The monoisotopic (exact) mass is 276 g/mol. The van der Waals surface area contributed by atoms with Crippen molar-refractivity contribution < 1.29 is 17.2 Å². The summed E-state index contributed by atoms with van der Waals surface area (Å²) >= 11 is 0. The predicted octanol–water partition coefficient (Wildman–Crippen LogP) is 3.56. The minimum Gasteiger partial charge on any atom is -0.223 e. The summed E-state index contributed by atoms with van der Waals surface area (Å²) in [4.78, 5) is -0.581. The van der Waals surface area contributed by atoms with Crippen LogP contribution in [0.5, 0.6) is 0 Å². The third-order valence-electron chi connectivity index (χ3n) is 3.68. The van der Waals surface area contributed by atoms with E-state index in [0.29, 0.717) is 0 Å². The molecule has 18 heavy (non-hydrogen) atoms. The van der Waals surface area contributed by atoms with Gasteiger partial charge >= 0.3 is 0 Å². The molecule has 0 unspecified atom stereocenters. The second kappa shape index (κ2) is 4.30. The van der Waals surface area contributed by atoms with E-state index in [1.54, 1.807) is 20.8 Å². The summed E-state index contributed by atoms with van der Waals surface area (Å²) in [5.74, 6) is -2.46. The van der Waals surface area contributed by atoms with Crippen LogP contribution in [-0.4, -0.2) is 13.2 Å². The molecule has 0 amide bonds. The fourth-order valence-electron chi connectivity index (χ4n) is 1.37. The molecule has 0 saturated heterocycles. The van der Waals surface area contributed by atoms with Crippen LogP contribution in [0.25, 0.3) is 0 Å². The van der Waals surface area contributed by atoms with Gasteiger partial charge in [-0.05, 0) is 31.4 Å². The molecule has 0 aromatic heterocycles. The second-order valence-electron chi connectivity index (χ2n) is 5.82. The van der Waals surface area contributed by atoms with E-state index < -0.39 is 36.5 Å².